The molecule has 0 saturated carbocycles. The quantitative estimate of drug-likeness (QED) is 0.818. The van der Waals surface area contributed by atoms with Crippen LogP contribution in [-0.4, -0.2) is 67.9 Å². The monoisotopic (exact) mass is 394 g/mol. The second-order valence-electron chi connectivity index (χ2n) is 7.64. The number of nitrogens with one attached hydrogen (secondary N) is 1. The third kappa shape index (κ3) is 5.57. The molecule has 0 aromatic heterocycles. The molecular formula is C23H30N4O2. The summed E-state index contributed by atoms with van der Waals surface area (Å²) in [5, 5.41) is 3.01. The van der Waals surface area contributed by atoms with Crippen LogP contribution in [0, 0.1) is 13.8 Å². The van der Waals surface area contributed by atoms with Gasteiger partial charge in [-0.15, -0.1) is 0 Å². The average molecular weight is 395 g/mol. The van der Waals surface area contributed by atoms with Crippen LogP contribution in [0.25, 0.3) is 0 Å². The summed E-state index contributed by atoms with van der Waals surface area (Å²) in [5.74, 6) is 0.109. The molecule has 29 heavy (non-hydrogen) atoms. The van der Waals surface area contributed by atoms with E-state index in [0.717, 1.165) is 22.5 Å². The second-order valence-corrected chi connectivity index (χ2v) is 7.64. The molecule has 3 rings (SSSR count). The van der Waals surface area contributed by atoms with Crippen LogP contribution >= 0.6 is 0 Å². The van der Waals surface area contributed by atoms with Gasteiger partial charge in [-0.05, 0) is 43.2 Å². The van der Waals surface area contributed by atoms with Gasteiger partial charge < -0.3 is 15.1 Å². The van der Waals surface area contributed by atoms with E-state index in [-0.39, 0.29) is 11.8 Å². The summed E-state index contributed by atoms with van der Waals surface area (Å²) in [4.78, 5) is 31.0. The summed E-state index contributed by atoms with van der Waals surface area (Å²) >= 11 is 0. The van der Waals surface area contributed by atoms with Crippen molar-refractivity contribution in [2.75, 3.05) is 56.5 Å². The number of rotatable bonds is 6. The highest BCUT2D eigenvalue weighted by atomic mass is 16.2. The van der Waals surface area contributed by atoms with Crippen molar-refractivity contribution in [3.8, 4) is 0 Å². The lowest BCUT2D eigenvalue weighted by atomic mass is 10.1. The number of para-hydroxylation sites is 1. The normalized spacial score (nSPS) is 14.5. The minimum absolute atomic E-state index is 0.0118. The molecule has 0 radical (unpaired) electrons. The predicted molar refractivity (Wildman–Crippen MR) is 117 cm³/mol. The Bertz CT molecular complexity index is 845. The molecular weight excluding hydrogens is 364 g/mol. The Morgan fingerprint density at radius 1 is 0.966 bits per heavy atom. The second kappa shape index (κ2) is 9.56. The Morgan fingerprint density at radius 2 is 1.66 bits per heavy atom. The number of carbonyl (C=O) groups excluding carboxylic acids is 2. The summed E-state index contributed by atoms with van der Waals surface area (Å²) in [6.07, 6.45) is 0. The van der Waals surface area contributed by atoms with Crippen molar-refractivity contribution in [2.45, 2.75) is 13.8 Å². The highest BCUT2D eigenvalue weighted by Gasteiger charge is 2.23. The van der Waals surface area contributed by atoms with E-state index in [0.29, 0.717) is 39.3 Å². The van der Waals surface area contributed by atoms with Gasteiger partial charge in [0.1, 0.15) is 0 Å². The van der Waals surface area contributed by atoms with Crippen LogP contribution < -0.4 is 10.2 Å². The molecule has 1 saturated heterocycles. The van der Waals surface area contributed by atoms with Gasteiger partial charge in [0.2, 0.25) is 11.8 Å². The molecule has 1 aliphatic rings. The zero-order valence-corrected chi connectivity index (χ0v) is 17.5. The molecule has 1 aliphatic heterocycles. The van der Waals surface area contributed by atoms with Crippen molar-refractivity contribution in [1.82, 2.24) is 9.80 Å². The first-order valence-corrected chi connectivity index (χ1v) is 10.1. The van der Waals surface area contributed by atoms with E-state index in [1.165, 1.54) is 0 Å². The Labute approximate surface area is 173 Å². The Balaban J connectivity index is 1.44. The molecule has 0 unspecified atom stereocenters. The highest BCUT2D eigenvalue weighted by molar-refractivity contribution is 5.93. The van der Waals surface area contributed by atoms with Gasteiger partial charge in [0.25, 0.3) is 0 Å². The largest absolute Gasteiger partial charge is 0.365 e. The fourth-order valence-corrected chi connectivity index (χ4v) is 3.51. The summed E-state index contributed by atoms with van der Waals surface area (Å²) in [6, 6.07) is 15.8. The molecule has 6 nitrogen and oxygen atoms in total. The first kappa shape index (κ1) is 20.9. The third-order valence-corrected chi connectivity index (χ3v) is 5.54. The molecule has 2 aromatic rings. The minimum atomic E-state index is -0.0118. The number of piperazine rings is 1. The van der Waals surface area contributed by atoms with Gasteiger partial charge in [0.15, 0.2) is 0 Å². The van der Waals surface area contributed by atoms with Crippen LogP contribution in [0.4, 0.5) is 11.4 Å². The molecule has 0 aliphatic carbocycles. The van der Waals surface area contributed by atoms with Crippen molar-refractivity contribution in [2.24, 2.45) is 0 Å². The van der Waals surface area contributed by atoms with Crippen molar-refractivity contribution in [3.05, 3.63) is 59.7 Å². The van der Waals surface area contributed by atoms with Gasteiger partial charge in [-0.3, -0.25) is 14.5 Å². The maximum atomic E-state index is 12.6. The molecule has 2 amide bonds. The number of hydrogen-bond acceptors (Lipinski definition) is 4. The SMILES string of the molecule is Cc1cccc(NC(=O)CN2CCN(C(=O)CN(C)c3ccccc3)CC2)c1C. The summed E-state index contributed by atoms with van der Waals surface area (Å²) in [5.41, 5.74) is 4.16. The van der Waals surface area contributed by atoms with E-state index in [1.807, 2.05) is 79.2 Å². The zero-order valence-electron chi connectivity index (χ0n) is 17.5. The van der Waals surface area contributed by atoms with E-state index in [1.54, 1.807) is 0 Å². The van der Waals surface area contributed by atoms with Gasteiger partial charge in [-0.25, -0.2) is 0 Å². The Kier molecular flexibility index (Phi) is 6.88. The van der Waals surface area contributed by atoms with E-state index in [9.17, 15) is 9.59 Å². The first-order valence-electron chi connectivity index (χ1n) is 10.1. The predicted octanol–water partition coefficient (Wildman–Crippen LogP) is 2.52. The molecule has 6 heteroatoms. The average Bonchev–Trinajstić information content (AvgIpc) is 2.72. The topological polar surface area (TPSA) is 55.9 Å². The van der Waals surface area contributed by atoms with Gasteiger partial charge in [-0.2, -0.15) is 0 Å². The number of hydrogen-bond donors (Lipinski definition) is 1. The lowest BCUT2D eigenvalue weighted by Crippen LogP contribution is -2.52. The van der Waals surface area contributed by atoms with Crippen molar-refractivity contribution in [1.29, 1.82) is 0 Å². The molecule has 0 spiro atoms. The summed E-state index contributed by atoms with van der Waals surface area (Å²) in [7, 11) is 1.93. The number of carbonyl (C=O) groups is 2. The van der Waals surface area contributed by atoms with E-state index < -0.39 is 0 Å². The number of likely N-dealkylation sites (N-methyl/N-ethyl adjacent to an activating group) is 1. The fraction of sp³-hybridized carbons (Fsp3) is 0.391. The molecule has 1 heterocycles. The number of aryl methyl sites for hydroxylation is 1. The smallest absolute Gasteiger partial charge is 0.242 e. The molecule has 0 bridgehead atoms. The molecule has 154 valence electrons. The number of benzene rings is 2. The van der Waals surface area contributed by atoms with E-state index in [4.69, 9.17) is 0 Å². The van der Waals surface area contributed by atoms with Gasteiger partial charge >= 0.3 is 0 Å². The van der Waals surface area contributed by atoms with Crippen molar-refractivity contribution >= 4 is 23.2 Å². The van der Waals surface area contributed by atoms with Crippen molar-refractivity contribution in [3.63, 3.8) is 0 Å². The van der Waals surface area contributed by atoms with Gasteiger partial charge in [0.05, 0.1) is 13.1 Å². The van der Waals surface area contributed by atoms with Crippen molar-refractivity contribution < 1.29 is 9.59 Å². The minimum Gasteiger partial charge on any atom is -0.365 e. The standard InChI is InChI=1S/C23H30N4O2/c1-18-8-7-11-21(19(18)2)24-22(28)16-26-12-14-27(15-13-26)23(29)17-25(3)20-9-5-4-6-10-20/h4-11H,12-17H2,1-3H3,(H,24,28). The first-order chi connectivity index (χ1) is 13.9. The molecule has 0 atom stereocenters. The zero-order chi connectivity index (χ0) is 20.8. The lowest BCUT2D eigenvalue weighted by molar-refractivity contribution is -0.131. The van der Waals surface area contributed by atoms with Crippen LogP contribution in [-0.2, 0) is 9.59 Å². The van der Waals surface area contributed by atoms with E-state index >= 15 is 0 Å². The number of anilines is 2. The van der Waals surface area contributed by atoms with Crippen LogP contribution in [0.15, 0.2) is 48.5 Å². The third-order valence-electron chi connectivity index (χ3n) is 5.54. The molecule has 2 aromatic carbocycles. The number of nitrogens with zero attached hydrogens (tertiary/aromatic N) is 3. The Morgan fingerprint density at radius 3 is 2.34 bits per heavy atom. The van der Waals surface area contributed by atoms with Gasteiger partial charge in [-0.1, -0.05) is 30.3 Å². The number of amides is 2. The molecule has 1 fully saturated rings. The summed E-state index contributed by atoms with van der Waals surface area (Å²) < 4.78 is 0. The van der Waals surface area contributed by atoms with Crippen LogP contribution in [0.5, 0.6) is 0 Å². The molecule has 1 N–H and O–H groups in total. The summed E-state index contributed by atoms with van der Waals surface area (Å²) in [6.45, 7) is 7.48. The van der Waals surface area contributed by atoms with Crippen LogP contribution in [0.3, 0.4) is 0 Å². The van der Waals surface area contributed by atoms with Crippen LogP contribution in [0.2, 0.25) is 0 Å². The fourth-order valence-electron chi connectivity index (χ4n) is 3.51. The highest BCUT2D eigenvalue weighted by Crippen LogP contribution is 2.18. The van der Waals surface area contributed by atoms with Gasteiger partial charge in [0, 0.05) is 44.6 Å². The lowest BCUT2D eigenvalue weighted by Gasteiger charge is -2.35. The Hall–Kier alpha value is -2.86. The maximum Gasteiger partial charge on any atom is 0.242 e. The van der Waals surface area contributed by atoms with E-state index in [2.05, 4.69) is 10.2 Å². The van der Waals surface area contributed by atoms with Crippen LogP contribution in [0.1, 0.15) is 11.1 Å². The maximum absolute atomic E-state index is 12.6.